The summed E-state index contributed by atoms with van der Waals surface area (Å²) in [5.41, 5.74) is 15.3. The third-order valence-electron chi connectivity index (χ3n) is 11.8. The molecule has 3 aromatic heterocycles. The van der Waals surface area contributed by atoms with Crippen LogP contribution >= 0.6 is 0 Å². The third kappa shape index (κ3) is 4.73. The van der Waals surface area contributed by atoms with Crippen molar-refractivity contribution in [3.8, 4) is 27.9 Å². The molecule has 0 atom stereocenters. The van der Waals surface area contributed by atoms with Crippen LogP contribution < -0.4 is 4.90 Å². The van der Waals surface area contributed by atoms with Gasteiger partial charge < -0.3 is 13.9 Å². The highest BCUT2D eigenvalue weighted by atomic mass is 15.2. The number of para-hydroxylation sites is 4. The predicted octanol–water partition coefficient (Wildman–Crippen LogP) is 14.7. The summed E-state index contributed by atoms with van der Waals surface area (Å²) in [6.45, 7) is 0. The van der Waals surface area contributed by atoms with Crippen LogP contribution in [0.25, 0.3) is 87.8 Å². The van der Waals surface area contributed by atoms with Gasteiger partial charge in [-0.05, 0) is 82.9 Å². The van der Waals surface area contributed by atoms with E-state index in [9.17, 15) is 0 Å². The summed E-state index contributed by atoms with van der Waals surface area (Å²) < 4.78 is 4.94. The van der Waals surface area contributed by atoms with Crippen molar-refractivity contribution >= 4 is 77.0 Å². The Balaban J connectivity index is 1.21. The maximum atomic E-state index is 2.51. The Kier molecular flexibility index (Phi) is 6.93. The predicted molar refractivity (Wildman–Crippen MR) is 241 cm³/mol. The van der Waals surface area contributed by atoms with Crippen LogP contribution in [0.4, 0.5) is 17.1 Å². The fourth-order valence-electron chi connectivity index (χ4n) is 9.38. The first-order chi connectivity index (χ1) is 28.3. The van der Waals surface area contributed by atoms with E-state index >= 15 is 0 Å². The Morgan fingerprint density at radius 2 is 0.842 bits per heavy atom. The van der Waals surface area contributed by atoms with Gasteiger partial charge in [0.25, 0.3) is 0 Å². The molecule has 0 aliphatic rings. The van der Waals surface area contributed by atoms with E-state index in [1.54, 1.807) is 0 Å². The average Bonchev–Trinajstić information content (AvgIpc) is 3.93. The lowest BCUT2D eigenvalue weighted by Crippen LogP contribution is -2.11. The summed E-state index contributed by atoms with van der Waals surface area (Å²) in [4.78, 5) is 2.51. The number of hydrogen-bond acceptors (Lipinski definition) is 1. The van der Waals surface area contributed by atoms with Gasteiger partial charge in [0.1, 0.15) is 0 Å². The van der Waals surface area contributed by atoms with Crippen LogP contribution in [0.1, 0.15) is 0 Å². The normalized spacial score (nSPS) is 11.9. The van der Waals surface area contributed by atoms with Crippen LogP contribution in [-0.2, 0) is 0 Å². The molecule has 0 fully saturated rings. The summed E-state index contributed by atoms with van der Waals surface area (Å²) in [6.07, 6.45) is 0. The van der Waals surface area contributed by atoms with Gasteiger partial charge in [-0.2, -0.15) is 0 Å². The van der Waals surface area contributed by atoms with Crippen LogP contribution in [0.2, 0.25) is 0 Å². The molecule has 57 heavy (non-hydrogen) atoms. The molecular formula is C54H35N3. The molecule has 0 unspecified atom stereocenters. The van der Waals surface area contributed by atoms with E-state index in [4.69, 9.17) is 0 Å². The SMILES string of the molecule is c1ccc(-c2ccc(N(c3cccc4c3c3cc(-c5ccccc5)ccc3n4-c3ccccc3)c3cccc4c5cccc6c7ccccc7n(c34)c65)cc2)cc1. The number of aromatic nitrogens is 2. The van der Waals surface area contributed by atoms with Crippen LogP contribution in [-0.4, -0.2) is 8.97 Å². The average molecular weight is 726 g/mol. The van der Waals surface area contributed by atoms with Crippen molar-refractivity contribution in [2.24, 2.45) is 0 Å². The van der Waals surface area contributed by atoms with Gasteiger partial charge in [-0.3, -0.25) is 0 Å². The number of hydrogen-bond donors (Lipinski definition) is 0. The maximum absolute atomic E-state index is 2.51. The lowest BCUT2D eigenvalue weighted by molar-refractivity contribution is 1.18. The van der Waals surface area contributed by atoms with E-state index in [1.165, 1.54) is 76.6 Å². The van der Waals surface area contributed by atoms with Gasteiger partial charge in [0.2, 0.25) is 0 Å². The van der Waals surface area contributed by atoms with Crippen molar-refractivity contribution < 1.29 is 0 Å². The molecule has 3 nitrogen and oxygen atoms in total. The fraction of sp³-hybridized carbons (Fsp3) is 0. The molecule has 3 heterocycles. The molecule has 266 valence electrons. The highest BCUT2D eigenvalue weighted by Gasteiger charge is 2.26. The first kappa shape index (κ1) is 31.7. The van der Waals surface area contributed by atoms with Crippen LogP contribution in [0, 0.1) is 0 Å². The standard InChI is InChI=1S/C54H35N3/c1-4-15-36(16-5-1)38-29-32-41(33-30-38)56(51-28-13-24-45-44-23-12-22-43-42-21-10-11-25-47(42)57(53(43)44)54(45)51)50-27-14-26-49-52(50)46-35-39(37-17-6-2-7-18-37)31-34-48(46)55(49)40-19-8-3-9-20-40/h1-35H. The maximum Gasteiger partial charge on any atom is 0.0782 e. The van der Waals surface area contributed by atoms with Gasteiger partial charge >= 0.3 is 0 Å². The zero-order valence-electron chi connectivity index (χ0n) is 31.0. The molecule has 0 saturated heterocycles. The molecule has 0 bridgehead atoms. The molecule has 0 aliphatic heterocycles. The minimum atomic E-state index is 1.10. The Morgan fingerprint density at radius 1 is 0.316 bits per heavy atom. The lowest BCUT2D eigenvalue weighted by Gasteiger charge is -2.27. The lowest BCUT2D eigenvalue weighted by atomic mass is 10.0. The molecule has 0 amide bonds. The largest absolute Gasteiger partial charge is 0.309 e. The topological polar surface area (TPSA) is 12.6 Å². The van der Waals surface area contributed by atoms with Gasteiger partial charge in [0.05, 0.1) is 39.0 Å². The smallest absolute Gasteiger partial charge is 0.0782 e. The van der Waals surface area contributed by atoms with Crippen molar-refractivity contribution in [1.29, 1.82) is 0 Å². The van der Waals surface area contributed by atoms with E-state index in [1.807, 2.05) is 0 Å². The molecule has 12 aromatic rings. The molecule has 0 spiro atoms. The molecule has 12 rings (SSSR count). The number of fused-ring (bicyclic) bond motifs is 9. The molecule has 3 heteroatoms. The summed E-state index contributed by atoms with van der Waals surface area (Å²) in [5.74, 6) is 0. The van der Waals surface area contributed by atoms with Crippen molar-refractivity contribution in [1.82, 2.24) is 8.97 Å². The van der Waals surface area contributed by atoms with Crippen molar-refractivity contribution in [2.75, 3.05) is 4.90 Å². The van der Waals surface area contributed by atoms with Crippen molar-refractivity contribution in [2.45, 2.75) is 0 Å². The number of benzene rings is 9. The molecule has 0 aliphatic carbocycles. The molecule has 0 radical (unpaired) electrons. The van der Waals surface area contributed by atoms with E-state index in [0.717, 1.165) is 28.3 Å². The van der Waals surface area contributed by atoms with Gasteiger partial charge in [-0.25, -0.2) is 0 Å². The van der Waals surface area contributed by atoms with E-state index in [-0.39, 0.29) is 0 Å². The Morgan fingerprint density at radius 3 is 1.60 bits per heavy atom. The van der Waals surface area contributed by atoms with E-state index in [2.05, 4.69) is 226 Å². The first-order valence-corrected chi connectivity index (χ1v) is 19.6. The van der Waals surface area contributed by atoms with Crippen molar-refractivity contribution in [3.05, 3.63) is 212 Å². The fourth-order valence-corrected chi connectivity index (χ4v) is 9.38. The third-order valence-corrected chi connectivity index (χ3v) is 11.8. The first-order valence-electron chi connectivity index (χ1n) is 19.6. The minimum absolute atomic E-state index is 1.10. The zero-order valence-corrected chi connectivity index (χ0v) is 31.0. The van der Waals surface area contributed by atoms with E-state index in [0.29, 0.717) is 0 Å². The highest BCUT2D eigenvalue weighted by Crippen LogP contribution is 2.49. The number of anilines is 3. The van der Waals surface area contributed by atoms with Gasteiger partial charge in [0, 0.05) is 43.7 Å². The summed E-state index contributed by atoms with van der Waals surface area (Å²) in [6, 6.07) is 77.4. The molecular weight excluding hydrogens is 691 g/mol. The van der Waals surface area contributed by atoms with Crippen LogP contribution in [0.3, 0.4) is 0 Å². The van der Waals surface area contributed by atoms with Gasteiger partial charge in [0.15, 0.2) is 0 Å². The zero-order chi connectivity index (χ0) is 37.5. The molecule has 0 N–H and O–H groups in total. The number of rotatable bonds is 6. The Bertz CT molecular complexity index is 3430. The van der Waals surface area contributed by atoms with Crippen LogP contribution in [0.15, 0.2) is 212 Å². The van der Waals surface area contributed by atoms with E-state index < -0.39 is 0 Å². The van der Waals surface area contributed by atoms with Crippen molar-refractivity contribution in [3.63, 3.8) is 0 Å². The number of nitrogens with zero attached hydrogens (tertiary/aromatic N) is 3. The minimum Gasteiger partial charge on any atom is -0.309 e. The van der Waals surface area contributed by atoms with Gasteiger partial charge in [-0.15, -0.1) is 0 Å². The second kappa shape index (κ2) is 12.5. The highest BCUT2D eigenvalue weighted by molar-refractivity contribution is 6.26. The molecule has 9 aromatic carbocycles. The summed E-state index contributed by atoms with van der Waals surface area (Å²) in [5, 5.41) is 7.49. The molecule has 0 saturated carbocycles. The summed E-state index contributed by atoms with van der Waals surface area (Å²) >= 11 is 0. The Labute approximate surface area is 329 Å². The quantitative estimate of drug-likeness (QED) is 0.166. The Hall–Kier alpha value is -7.62. The monoisotopic (exact) mass is 725 g/mol. The second-order valence-corrected chi connectivity index (χ2v) is 14.9. The summed E-state index contributed by atoms with van der Waals surface area (Å²) in [7, 11) is 0. The second-order valence-electron chi connectivity index (χ2n) is 14.9. The van der Waals surface area contributed by atoms with Crippen LogP contribution in [0.5, 0.6) is 0 Å². The van der Waals surface area contributed by atoms with Gasteiger partial charge in [-0.1, -0.05) is 152 Å².